The van der Waals surface area contributed by atoms with Gasteiger partial charge in [0, 0.05) is 152 Å². The molecule has 2 bridgehead atoms. The van der Waals surface area contributed by atoms with E-state index in [2.05, 4.69) is 85.9 Å². The maximum absolute atomic E-state index is 11.9. The summed E-state index contributed by atoms with van der Waals surface area (Å²) in [6.45, 7) is 2.67. The quantitative estimate of drug-likeness (QED) is 0.0600. The van der Waals surface area contributed by atoms with Crippen LogP contribution in [-0.2, 0) is 45.1 Å². The van der Waals surface area contributed by atoms with Gasteiger partial charge in [-0.3, -0.25) is 23.4 Å². The first-order valence-corrected chi connectivity index (χ1v) is 35.1. The fourth-order valence-corrected chi connectivity index (χ4v) is 15.7. The number of aromatic nitrogens is 18. The molecule has 10 heterocycles. The molecular formula is C70H76N22O3S2. The zero-order valence-corrected chi connectivity index (χ0v) is 56.5. The molecule has 12 aromatic rings. The summed E-state index contributed by atoms with van der Waals surface area (Å²) in [7, 11) is 6.58. The maximum Gasteiger partial charge on any atom is 0.161 e. The molecule has 9 aromatic heterocycles. The average molecular weight is 1340 g/mol. The van der Waals surface area contributed by atoms with Crippen LogP contribution in [0, 0.1) is 12.3 Å². The molecule has 4 aliphatic carbocycles. The summed E-state index contributed by atoms with van der Waals surface area (Å²) in [4.78, 5) is 28.8. The summed E-state index contributed by atoms with van der Waals surface area (Å²) >= 11 is 1.47. The van der Waals surface area contributed by atoms with E-state index in [4.69, 9.17) is 25.7 Å². The molecule has 2 unspecified atom stereocenters. The van der Waals surface area contributed by atoms with Crippen molar-refractivity contribution in [3.63, 3.8) is 0 Å². The largest absolute Gasteiger partial charge is 0.391 e. The summed E-state index contributed by atoms with van der Waals surface area (Å²) in [5.74, 6) is 4.51. The van der Waals surface area contributed by atoms with Crippen LogP contribution in [0.15, 0.2) is 153 Å². The van der Waals surface area contributed by atoms with E-state index in [1.807, 2.05) is 165 Å². The highest BCUT2D eigenvalue weighted by molar-refractivity contribution is 7.91. The van der Waals surface area contributed by atoms with E-state index in [9.17, 15) is 13.5 Å². The molecule has 1 aliphatic heterocycles. The van der Waals surface area contributed by atoms with Gasteiger partial charge in [0.25, 0.3) is 0 Å². The first kappa shape index (κ1) is 64.1. The minimum absolute atomic E-state index is 0.0192. The number of sulfone groups is 1. The van der Waals surface area contributed by atoms with Gasteiger partial charge in [-0.1, -0.05) is 78.8 Å². The summed E-state index contributed by atoms with van der Waals surface area (Å²) in [6.07, 6.45) is 32.6. The molecule has 6 N–H and O–H groups in total. The molecule has 97 heavy (non-hydrogen) atoms. The van der Waals surface area contributed by atoms with Crippen molar-refractivity contribution in [3.05, 3.63) is 158 Å². The Morgan fingerprint density at radius 1 is 0.515 bits per heavy atom. The Labute approximate surface area is 565 Å². The lowest BCUT2D eigenvalue weighted by atomic mass is 9.39. The Bertz CT molecular complexity index is 4900. The van der Waals surface area contributed by atoms with Crippen LogP contribution in [-0.4, -0.2) is 144 Å². The number of anilines is 3. The highest BCUT2D eigenvalue weighted by Gasteiger charge is 2.67. The zero-order chi connectivity index (χ0) is 67.0. The van der Waals surface area contributed by atoms with Crippen molar-refractivity contribution in [2.45, 2.75) is 88.4 Å². The molecule has 17 rings (SSSR count). The minimum Gasteiger partial charge on any atom is -0.391 e. The number of rotatable bonds is 16. The van der Waals surface area contributed by atoms with Crippen molar-refractivity contribution in [2.24, 2.45) is 46.4 Å². The van der Waals surface area contributed by atoms with Crippen LogP contribution in [0.3, 0.4) is 0 Å². The molecule has 5 fully saturated rings. The first-order chi connectivity index (χ1) is 46.9. The average Bonchev–Trinajstić information content (AvgIpc) is 1.03. The van der Waals surface area contributed by atoms with E-state index in [1.165, 1.54) is 11.3 Å². The van der Waals surface area contributed by atoms with Gasteiger partial charge < -0.3 is 26.8 Å². The fraction of sp³-hybridized carbons (Fsp3) is 0.329. The van der Waals surface area contributed by atoms with Crippen molar-refractivity contribution in [1.82, 2.24) is 89.0 Å². The van der Waals surface area contributed by atoms with Crippen LogP contribution in [0.2, 0.25) is 0 Å². The van der Waals surface area contributed by atoms with E-state index >= 15 is 0 Å². The van der Waals surface area contributed by atoms with E-state index in [-0.39, 0.29) is 35.2 Å². The smallest absolute Gasteiger partial charge is 0.161 e. The number of nitrogens with one attached hydrogen (secondary N) is 3. The summed E-state index contributed by atoms with van der Waals surface area (Å²) in [6, 6.07) is 24.4. The molecule has 3 aromatic carbocycles. The molecule has 5 aliphatic rings. The molecular weight excluding hydrogens is 1260 g/mol. The van der Waals surface area contributed by atoms with Crippen LogP contribution < -0.4 is 21.7 Å². The Kier molecular flexibility index (Phi) is 17.7. The van der Waals surface area contributed by atoms with Gasteiger partial charge in [-0.05, 0) is 98.7 Å². The third-order valence-electron chi connectivity index (χ3n) is 18.5. The van der Waals surface area contributed by atoms with Gasteiger partial charge in [0.1, 0.15) is 32.3 Å². The van der Waals surface area contributed by atoms with E-state index in [1.54, 1.807) is 29.6 Å². The SMILES string of the molecule is Cc1nnc(-c2cnc(-c3cccc(-c4cnn(C)c4)c3)nc2NC2CCS(=O)(=O)CC2)s1.Cn1cc(-c2cccc(-c3ncc(-c4cnn(C)c4)c(NC45CC(CN)(C4)C5)n3)c2)cn1.Cn1cc(-c2cccc(-c3ncc(-c4cnn(C)c4)c(NC4CCCCC4O)n3)c2)cn1. The monoisotopic (exact) mass is 1340 g/mol. The van der Waals surface area contributed by atoms with Crippen molar-refractivity contribution >= 4 is 38.6 Å². The van der Waals surface area contributed by atoms with Crippen LogP contribution in [0.5, 0.6) is 0 Å². The zero-order valence-electron chi connectivity index (χ0n) is 54.9. The molecule has 496 valence electrons. The number of benzene rings is 3. The van der Waals surface area contributed by atoms with Gasteiger partial charge >= 0.3 is 0 Å². The van der Waals surface area contributed by atoms with Gasteiger partial charge in [-0.25, -0.2) is 38.3 Å². The normalized spacial score (nSPS) is 19.3. The highest BCUT2D eigenvalue weighted by atomic mass is 32.2. The maximum atomic E-state index is 11.9. The fourth-order valence-electron chi connectivity index (χ4n) is 13.5. The van der Waals surface area contributed by atoms with Crippen molar-refractivity contribution < 1.29 is 13.5 Å². The Morgan fingerprint density at radius 3 is 1.35 bits per heavy atom. The number of nitrogens with zero attached hydrogens (tertiary/aromatic N) is 18. The number of hydrogen-bond acceptors (Lipinski definition) is 21. The van der Waals surface area contributed by atoms with E-state index in [0.717, 1.165) is 151 Å². The van der Waals surface area contributed by atoms with Crippen LogP contribution >= 0.6 is 11.3 Å². The predicted octanol–water partition coefficient (Wildman–Crippen LogP) is 10.3. The third-order valence-corrected chi connectivity index (χ3v) is 21.1. The number of nitrogens with two attached hydrogens (primary N) is 1. The number of aliphatic hydroxyl groups is 1. The summed E-state index contributed by atoms with van der Waals surface area (Å²) < 4.78 is 32.6. The number of aliphatic hydroxyl groups excluding tert-OH is 1. The van der Waals surface area contributed by atoms with Gasteiger partial charge in [-0.2, -0.15) is 25.5 Å². The minimum atomic E-state index is -2.95. The Hall–Kier alpha value is -10.2. The van der Waals surface area contributed by atoms with Gasteiger partial charge in [-0.15, -0.1) is 10.2 Å². The summed E-state index contributed by atoms with van der Waals surface area (Å²) in [5.41, 5.74) is 20.1. The Balaban J connectivity index is 0.000000125. The second-order valence-electron chi connectivity index (χ2n) is 26.1. The van der Waals surface area contributed by atoms with Crippen molar-refractivity contribution in [1.29, 1.82) is 0 Å². The second kappa shape index (κ2) is 26.8. The van der Waals surface area contributed by atoms with E-state index in [0.29, 0.717) is 41.5 Å². The number of aryl methyl sites for hydroxylation is 6. The molecule has 25 nitrogen and oxygen atoms in total. The van der Waals surface area contributed by atoms with Crippen molar-refractivity contribution in [3.8, 4) is 100 Å². The van der Waals surface area contributed by atoms with Gasteiger partial charge in [0.2, 0.25) is 0 Å². The van der Waals surface area contributed by atoms with Gasteiger partial charge in [0.05, 0.1) is 60.2 Å². The molecule has 1 saturated heterocycles. The predicted molar refractivity (Wildman–Crippen MR) is 376 cm³/mol. The van der Waals surface area contributed by atoms with Crippen molar-refractivity contribution in [2.75, 3.05) is 34.0 Å². The molecule has 27 heteroatoms. The third kappa shape index (κ3) is 14.2. The molecule has 0 spiro atoms. The molecule has 2 atom stereocenters. The number of hydrogen-bond donors (Lipinski definition) is 5. The topological polar surface area (TPSA) is 309 Å². The highest BCUT2D eigenvalue weighted by Crippen LogP contribution is 2.68. The lowest BCUT2D eigenvalue weighted by molar-refractivity contribution is -0.108. The molecule has 0 amide bonds. The second-order valence-corrected chi connectivity index (χ2v) is 29.5. The lowest BCUT2D eigenvalue weighted by Crippen LogP contribution is -2.73. The van der Waals surface area contributed by atoms with Crippen LogP contribution in [0.4, 0.5) is 17.5 Å². The van der Waals surface area contributed by atoms with Crippen LogP contribution in [0.1, 0.15) is 62.8 Å². The summed E-state index contributed by atoms with van der Waals surface area (Å²) in [5, 5.41) is 52.7. The van der Waals surface area contributed by atoms with Gasteiger partial charge in [0.15, 0.2) is 22.5 Å². The molecule has 4 saturated carbocycles. The van der Waals surface area contributed by atoms with E-state index < -0.39 is 9.84 Å². The van der Waals surface area contributed by atoms with Crippen LogP contribution in [0.25, 0.3) is 100 Å². The standard InChI is InChI=1S/C24H26N8.C24H27N7O.C22H23N7O2S2/c1-31-10-18(7-27-31)16-4-3-5-17(6-16)21-26-9-20(19-8-28-32(2)11-19)22(29-21)30-24-12-23(13-24,14-24)15-25;1-30-14-18(11-26-30)16-6-5-7-17(10-16)23-25-13-20(19-12-27-31(2)15-19)24(29-23)28-21-8-3-4-9-22(21)32;1-14-27-28-22(32-14)19-12-23-20(26-21(19)25-18-6-8-33(30,31)9-7-18)16-5-3-4-15(10-16)17-11-24-29(2)13-17/h3-11H,12-15,25H2,1-2H3,(H,26,29,30);5-7,10-15,21-22,32H,3-4,8-9H2,1-2H3,(H,25,28,29);3-5,10-13,18H,6-9H2,1-2H3,(H,23,25,26). The lowest BCUT2D eigenvalue weighted by Gasteiger charge is -2.70. The first-order valence-electron chi connectivity index (χ1n) is 32.5. The Morgan fingerprint density at radius 2 is 0.928 bits per heavy atom. The molecule has 0 radical (unpaired) electrons.